The lowest BCUT2D eigenvalue weighted by Crippen LogP contribution is -2.04. The van der Waals surface area contributed by atoms with E-state index in [9.17, 15) is 5.11 Å². The molecule has 0 heterocycles. The van der Waals surface area contributed by atoms with Crippen molar-refractivity contribution in [3.8, 4) is 6.07 Å². The molecule has 1 aliphatic rings. The van der Waals surface area contributed by atoms with Crippen molar-refractivity contribution in [1.82, 2.24) is 0 Å². The zero-order valence-electron chi connectivity index (χ0n) is 7.33. The highest BCUT2D eigenvalue weighted by Gasteiger charge is 2.41. The molecule has 2 rings (SSSR count). The predicted octanol–water partition coefficient (Wildman–Crippen LogP) is 1.73. The molecule has 2 heteroatoms. The monoisotopic (exact) mass is 173 g/mol. The van der Waals surface area contributed by atoms with Gasteiger partial charge in [0.2, 0.25) is 0 Å². The Kier molecular flexibility index (Phi) is 1.82. The molecule has 0 saturated heterocycles. The largest absolute Gasteiger partial charge is 0.385 e. The maximum absolute atomic E-state index is 9.81. The molecule has 1 aromatic rings. The van der Waals surface area contributed by atoms with Gasteiger partial charge in [-0.1, -0.05) is 24.3 Å². The highest BCUT2D eigenvalue weighted by molar-refractivity contribution is 5.32. The van der Waals surface area contributed by atoms with Crippen LogP contribution in [0.2, 0.25) is 0 Å². The minimum Gasteiger partial charge on any atom is -0.385 e. The van der Waals surface area contributed by atoms with Crippen molar-refractivity contribution in [1.29, 1.82) is 5.26 Å². The Bertz CT molecular complexity index is 361. The van der Waals surface area contributed by atoms with Crippen LogP contribution in [0, 0.1) is 11.3 Å². The fourth-order valence-electron chi connectivity index (χ4n) is 1.47. The molecule has 0 radical (unpaired) electrons. The Morgan fingerprint density at radius 3 is 2.85 bits per heavy atom. The van der Waals surface area contributed by atoms with Crippen molar-refractivity contribution in [3.63, 3.8) is 0 Å². The highest BCUT2D eigenvalue weighted by Crippen LogP contribution is 2.45. The Hall–Kier alpha value is -1.33. The Labute approximate surface area is 77.4 Å². The average molecular weight is 173 g/mol. The molecule has 66 valence electrons. The van der Waals surface area contributed by atoms with Crippen molar-refractivity contribution in [2.24, 2.45) is 0 Å². The van der Waals surface area contributed by atoms with Gasteiger partial charge in [-0.05, 0) is 24.0 Å². The molecule has 1 N–H and O–H groups in total. The summed E-state index contributed by atoms with van der Waals surface area (Å²) in [6, 6.07) is 9.77. The Balaban J connectivity index is 2.28. The summed E-state index contributed by atoms with van der Waals surface area (Å²) in [5.41, 5.74) is 1.37. The standard InChI is InChI=1S/C11H11NO/c12-7-4-9-2-1-3-10(8-9)11(13)5-6-11/h1-3,8,13H,4-6H2. The van der Waals surface area contributed by atoms with Gasteiger partial charge in [-0.3, -0.25) is 0 Å². The van der Waals surface area contributed by atoms with Gasteiger partial charge in [-0.25, -0.2) is 0 Å². The lowest BCUT2D eigenvalue weighted by Gasteiger charge is -2.08. The molecule has 0 atom stereocenters. The lowest BCUT2D eigenvalue weighted by atomic mass is 10.0. The number of hydrogen-bond donors (Lipinski definition) is 1. The molecule has 0 amide bonds. The van der Waals surface area contributed by atoms with E-state index in [0.717, 1.165) is 24.0 Å². The quantitative estimate of drug-likeness (QED) is 0.740. The second-order valence-corrected chi connectivity index (χ2v) is 3.57. The van der Waals surface area contributed by atoms with Gasteiger partial charge in [0.15, 0.2) is 0 Å². The van der Waals surface area contributed by atoms with E-state index in [2.05, 4.69) is 6.07 Å². The second kappa shape index (κ2) is 2.86. The molecule has 1 aromatic carbocycles. The van der Waals surface area contributed by atoms with Gasteiger partial charge >= 0.3 is 0 Å². The van der Waals surface area contributed by atoms with Gasteiger partial charge in [0.1, 0.15) is 0 Å². The van der Waals surface area contributed by atoms with Crippen LogP contribution in [0.5, 0.6) is 0 Å². The van der Waals surface area contributed by atoms with Gasteiger partial charge in [0, 0.05) is 0 Å². The SMILES string of the molecule is N#CCc1cccc(C2(O)CC2)c1. The maximum atomic E-state index is 9.81. The van der Waals surface area contributed by atoms with Gasteiger partial charge in [-0.15, -0.1) is 0 Å². The summed E-state index contributed by atoms with van der Waals surface area (Å²) >= 11 is 0. The smallest absolute Gasteiger partial charge is 0.0899 e. The van der Waals surface area contributed by atoms with Crippen molar-refractivity contribution >= 4 is 0 Å². The first-order valence-corrected chi connectivity index (χ1v) is 4.43. The molecular weight excluding hydrogens is 162 g/mol. The first kappa shape index (κ1) is 8.28. The molecule has 0 unspecified atom stereocenters. The maximum Gasteiger partial charge on any atom is 0.0899 e. The van der Waals surface area contributed by atoms with E-state index >= 15 is 0 Å². The molecule has 0 aromatic heterocycles. The number of nitrogens with zero attached hydrogens (tertiary/aromatic N) is 1. The molecule has 1 aliphatic carbocycles. The van der Waals surface area contributed by atoms with Crippen LogP contribution < -0.4 is 0 Å². The van der Waals surface area contributed by atoms with Crippen LogP contribution in [0.4, 0.5) is 0 Å². The second-order valence-electron chi connectivity index (χ2n) is 3.57. The van der Waals surface area contributed by atoms with E-state index in [-0.39, 0.29) is 0 Å². The first-order valence-electron chi connectivity index (χ1n) is 4.43. The van der Waals surface area contributed by atoms with E-state index in [4.69, 9.17) is 5.26 Å². The van der Waals surface area contributed by atoms with Gasteiger partial charge in [-0.2, -0.15) is 5.26 Å². The van der Waals surface area contributed by atoms with Crippen molar-refractivity contribution in [3.05, 3.63) is 35.4 Å². The molecule has 0 bridgehead atoms. The molecule has 0 spiro atoms. The number of aliphatic hydroxyl groups is 1. The average Bonchev–Trinajstić information content (AvgIpc) is 2.86. The van der Waals surface area contributed by atoms with E-state index in [1.807, 2.05) is 24.3 Å². The van der Waals surface area contributed by atoms with Crippen molar-refractivity contribution < 1.29 is 5.11 Å². The molecule has 2 nitrogen and oxygen atoms in total. The van der Waals surface area contributed by atoms with Crippen LogP contribution in [0.25, 0.3) is 0 Å². The normalized spacial score (nSPS) is 17.8. The number of rotatable bonds is 2. The van der Waals surface area contributed by atoms with E-state index in [1.165, 1.54) is 0 Å². The summed E-state index contributed by atoms with van der Waals surface area (Å²) in [6.07, 6.45) is 2.12. The van der Waals surface area contributed by atoms with Gasteiger partial charge in [0.25, 0.3) is 0 Å². The zero-order valence-corrected chi connectivity index (χ0v) is 7.33. The highest BCUT2D eigenvalue weighted by atomic mass is 16.3. The summed E-state index contributed by atoms with van der Waals surface area (Å²) in [7, 11) is 0. The Morgan fingerprint density at radius 1 is 1.46 bits per heavy atom. The summed E-state index contributed by atoms with van der Waals surface area (Å²) in [6.45, 7) is 0. The van der Waals surface area contributed by atoms with Crippen LogP contribution in [0.15, 0.2) is 24.3 Å². The Morgan fingerprint density at radius 2 is 2.23 bits per heavy atom. The first-order chi connectivity index (χ1) is 6.24. The van der Waals surface area contributed by atoms with Gasteiger partial charge in [0.05, 0.1) is 18.1 Å². The summed E-state index contributed by atoms with van der Waals surface area (Å²) in [5, 5.41) is 18.3. The van der Waals surface area contributed by atoms with Crippen LogP contribution in [0.3, 0.4) is 0 Å². The molecule has 0 aliphatic heterocycles. The molecule has 13 heavy (non-hydrogen) atoms. The molecular formula is C11H11NO. The summed E-state index contributed by atoms with van der Waals surface area (Å²) in [5.74, 6) is 0. The van der Waals surface area contributed by atoms with Crippen LogP contribution in [-0.4, -0.2) is 5.11 Å². The zero-order chi connectivity index (χ0) is 9.31. The molecule has 1 saturated carbocycles. The summed E-state index contributed by atoms with van der Waals surface area (Å²) < 4.78 is 0. The number of hydrogen-bond acceptors (Lipinski definition) is 2. The molecule has 1 fully saturated rings. The van der Waals surface area contributed by atoms with E-state index < -0.39 is 5.60 Å². The number of benzene rings is 1. The summed E-state index contributed by atoms with van der Waals surface area (Å²) in [4.78, 5) is 0. The fraction of sp³-hybridized carbons (Fsp3) is 0.364. The number of nitriles is 1. The van der Waals surface area contributed by atoms with Gasteiger partial charge < -0.3 is 5.11 Å². The minimum atomic E-state index is -0.578. The lowest BCUT2D eigenvalue weighted by molar-refractivity contribution is 0.151. The topological polar surface area (TPSA) is 44.0 Å². The van der Waals surface area contributed by atoms with E-state index in [0.29, 0.717) is 6.42 Å². The van der Waals surface area contributed by atoms with Crippen LogP contribution in [-0.2, 0) is 12.0 Å². The predicted molar refractivity (Wildman–Crippen MR) is 48.9 cm³/mol. The van der Waals surface area contributed by atoms with Crippen LogP contribution >= 0.6 is 0 Å². The fourth-order valence-corrected chi connectivity index (χ4v) is 1.47. The van der Waals surface area contributed by atoms with Crippen molar-refractivity contribution in [2.75, 3.05) is 0 Å². The third-order valence-electron chi connectivity index (χ3n) is 2.47. The third-order valence-corrected chi connectivity index (χ3v) is 2.47. The van der Waals surface area contributed by atoms with Crippen LogP contribution in [0.1, 0.15) is 24.0 Å². The third kappa shape index (κ3) is 1.56. The van der Waals surface area contributed by atoms with E-state index in [1.54, 1.807) is 0 Å². The van der Waals surface area contributed by atoms with Crippen molar-refractivity contribution in [2.45, 2.75) is 24.9 Å². The minimum absolute atomic E-state index is 0.421.